The molecule has 0 spiro atoms. The highest BCUT2D eigenvalue weighted by molar-refractivity contribution is 7.25. The van der Waals surface area contributed by atoms with E-state index in [4.69, 9.17) is 31.0 Å². The van der Waals surface area contributed by atoms with Crippen molar-refractivity contribution >= 4 is 66.4 Å². The molecule has 45 heavy (non-hydrogen) atoms. The van der Waals surface area contributed by atoms with Crippen LogP contribution in [0.2, 0.25) is 5.02 Å². The van der Waals surface area contributed by atoms with Gasteiger partial charge in [-0.15, -0.1) is 11.3 Å². The van der Waals surface area contributed by atoms with E-state index in [9.17, 15) is 13.2 Å². The Hall–Kier alpha value is -4.24. The summed E-state index contributed by atoms with van der Waals surface area (Å²) in [5.74, 6) is -1.41. The van der Waals surface area contributed by atoms with Gasteiger partial charge in [0.15, 0.2) is 0 Å². The maximum Gasteiger partial charge on any atom is 0.490 e. The monoisotopic (exact) mass is 660 g/mol. The second-order valence-electron chi connectivity index (χ2n) is 9.78. The number of aromatic nitrogens is 3. The third-order valence-electron chi connectivity index (χ3n) is 6.67. The molecule has 1 saturated heterocycles. The highest BCUT2D eigenvalue weighted by atomic mass is 35.5. The summed E-state index contributed by atoms with van der Waals surface area (Å²) in [5.41, 5.74) is 2.77. The van der Waals surface area contributed by atoms with Crippen LogP contribution in [-0.2, 0) is 16.1 Å². The summed E-state index contributed by atoms with van der Waals surface area (Å²) in [6, 6.07) is 17.8. The molecule has 5 aromatic rings. The quantitative estimate of drug-likeness (QED) is 0.160. The number of hydrogen-bond acceptors (Lipinski definition) is 10. The Labute approximate surface area is 264 Å². The summed E-state index contributed by atoms with van der Waals surface area (Å²) < 4.78 is 44.2. The van der Waals surface area contributed by atoms with Gasteiger partial charge < -0.3 is 25.2 Å². The number of nitrogens with zero attached hydrogens (tertiary/aromatic N) is 4. The average Bonchev–Trinajstić information content (AvgIpc) is 3.40. The van der Waals surface area contributed by atoms with Crippen molar-refractivity contribution in [3.05, 3.63) is 77.8 Å². The normalized spacial score (nSPS) is 13.7. The lowest BCUT2D eigenvalue weighted by Gasteiger charge is -2.26. The summed E-state index contributed by atoms with van der Waals surface area (Å²) in [6.07, 6.45) is -1.75. The molecule has 0 bridgehead atoms. The number of anilines is 3. The summed E-state index contributed by atoms with van der Waals surface area (Å²) >= 11 is 8.19. The predicted octanol–water partition coefficient (Wildman–Crippen LogP) is 6.59. The number of benzene rings is 2. The zero-order chi connectivity index (χ0) is 31.8. The first-order valence-corrected chi connectivity index (χ1v) is 15.0. The molecular weight excluding hydrogens is 633 g/mol. The van der Waals surface area contributed by atoms with Crippen molar-refractivity contribution in [1.82, 2.24) is 19.9 Å². The number of carboxylic acids is 1. The third kappa shape index (κ3) is 8.69. The molecule has 0 amide bonds. The lowest BCUT2D eigenvalue weighted by atomic mass is 10.2. The number of pyridine rings is 1. The van der Waals surface area contributed by atoms with E-state index in [1.165, 1.54) is 0 Å². The molecule has 10 nitrogen and oxygen atoms in total. The van der Waals surface area contributed by atoms with E-state index in [0.717, 1.165) is 82.6 Å². The number of aliphatic carboxylic acids is 1. The lowest BCUT2D eigenvalue weighted by Crippen LogP contribution is -2.38. The van der Waals surface area contributed by atoms with E-state index in [1.807, 2.05) is 36.4 Å². The van der Waals surface area contributed by atoms with Gasteiger partial charge in [0.2, 0.25) is 0 Å². The fourth-order valence-corrected chi connectivity index (χ4v) is 5.78. The van der Waals surface area contributed by atoms with Gasteiger partial charge in [0.25, 0.3) is 0 Å². The fourth-order valence-electron chi connectivity index (χ4n) is 4.46. The summed E-state index contributed by atoms with van der Waals surface area (Å²) in [4.78, 5) is 25.6. The van der Waals surface area contributed by atoms with Gasteiger partial charge in [-0.1, -0.05) is 23.7 Å². The number of carboxylic acid groups (broad SMARTS) is 1. The molecule has 4 heterocycles. The number of nitrogens with one attached hydrogen (secondary N) is 2. The highest BCUT2D eigenvalue weighted by Crippen LogP contribution is 2.39. The number of hydrogen-bond donors (Lipinski definition) is 3. The largest absolute Gasteiger partial charge is 0.490 e. The summed E-state index contributed by atoms with van der Waals surface area (Å²) in [7, 11) is 0. The number of halogens is 4. The van der Waals surface area contributed by atoms with Gasteiger partial charge in [0.05, 0.1) is 29.3 Å². The highest BCUT2D eigenvalue weighted by Gasteiger charge is 2.38. The van der Waals surface area contributed by atoms with Crippen molar-refractivity contribution < 1.29 is 32.5 Å². The number of fused-ring (bicyclic) bond motifs is 3. The van der Waals surface area contributed by atoms with E-state index in [0.29, 0.717) is 17.4 Å². The second-order valence-corrected chi connectivity index (χ2v) is 11.2. The van der Waals surface area contributed by atoms with Gasteiger partial charge in [0, 0.05) is 53.8 Å². The van der Waals surface area contributed by atoms with Gasteiger partial charge >= 0.3 is 12.1 Å². The first-order valence-electron chi connectivity index (χ1n) is 13.8. The molecule has 0 unspecified atom stereocenters. The van der Waals surface area contributed by atoms with Crippen molar-refractivity contribution in [3.8, 4) is 5.75 Å². The van der Waals surface area contributed by atoms with Crippen LogP contribution in [0.3, 0.4) is 0 Å². The van der Waals surface area contributed by atoms with Crippen LogP contribution in [0.15, 0.2) is 67.1 Å². The molecule has 15 heteroatoms. The van der Waals surface area contributed by atoms with E-state index in [1.54, 1.807) is 23.9 Å². The summed E-state index contributed by atoms with van der Waals surface area (Å²) in [6.45, 7) is 5.89. The molecule has 3 N–H and O–H groups in total. The average molecular weight is 661 g/mol. The predicted molar refractivity (Wildman–Crippen MR) is 168 cm³/mol. The summed E-state index contributed by atoms with van der Waals surface area (Å²) in [5, 5.41) is 16.7. The van der Waals surface area contributed by atoms with Crippen molar-refractivity contribution in [2.75, 3.05) is 50.0 Å². The molecule has 3 aromatic heterocycles. The fraction of sp³-hybridized carbons (Fsp3) is 0.267. The SMILES string of the molecule is Clc1cc(Nc2ncnc3sc4cc(NCCN5CCOCC5)ccc4c23)ccc1OCc1ccccn1.O=C(O)C(F)(F)F. The van der Waals surface area contributed by atoms with Crippen molar-refractivity contribution in [2.24, 2.45) is 0 Å². The Kier molecular flexibility index (Phi) is 10.5. The number of alkyl halides is 3. The minimum atomic E-state index is -5.08. The number of carbonyl (C=O) groups is 1. The molecule has 1 fully saturated rings. The molecule has 6 rings (SSSR count). The Morgan fingerprint density at radius 1 is 1.07 bits per heavy atom. The minimum Gasteiger partial charge on any atom is -0.486 e. The van der Waals surface area contributed by atoms with Gasteiger partial charge in [-0.05, 0) is 42.5 Å². The number of rotatable bonds is 9. The molecule has 0 aliphatic carbocycles. The molecule has 2 aromatic carbocycles. The van der Waals surface area contributed by atoms with E-state index in [2.05, 4.69) is 48.7 Å². The van der Waals surface area contributed by atoms with Gasteiger partial charge in [-0.2, -0.15) is 13.2 Å². The molecule has 236 valence electrons. The Morgan fingerprint density at radius 2 is 1.84 bits per heavy atom. The Bertz CT molecular complexity index is 1750. The van der Waals surface area contributed by atoms with Crippen molar-refractivity contribution in [1.29, 1.82) is 0 Å². The van der Waals surface area contributed by atoms with Crippen LogP contribution < -0.4 is 15.4 Å². The zero-order valence-electron chi connectivity index (χ0n) is 23.7. The van der Waals surface area contributed by atoms with Gasteiger partial charge in [0.1, 0.15) is 29.3 Å². The van der Waals surface area contributed by atoms with Crippen molar-refractivity contribution in [3.63, 3.8) is 0 Å². The smallest absolute Gasteiger partial charge is 0.486 e. The zero-order valence-corrected chi connectivity index (χ0v) is 25.3. The van der Waals surface area contributed by atoms with Crippen LogP contribution in [0, 0.1) is 0 Å². The van der Waals surface area contributed by atoms with E-state index >= 15 is 0 Å². The molecular formula is C30H28ClF3N6O4S. The number of morpholine rings is 1. The molecule has 0 atom stereocenters. The first kappa shape index (κ1) is 32.2. The third-order valence-corrected chi connectivity index (χ3v) is 8.03. The van der Waals surface area contributed by atoms with E-state index < -0.39 is 12.1 Å². The standard InChI is InChI=1S/C28H27ClN6O2S.C2HF3O2/c29-23-15-20(5-7-24(23)37-17-21-3-1-2-8-30-21)34-27-26-22-6-4-19(16-25(22)38-28(26)33-18-32-27)31-9-10-35-11-13-36-14-12-35;3-2(4,5)1(6)7/h1-8,15-16,18,31H,9-14,17H2,(H,32,33,34);(H,6,7). The van der Waals surface area contributed by atoms with Gasteiger partial charge in [-0.3, -0.25) is 9.88 Å². The van der Waals surface area contributed by atoms with Crippen LogP contribution in [0.5, 0.6) is 5.75 Å². The molecule has 0 radical (unpaired) electrons. The Balaban J connectivity index is 0.000000515. The van der Waals surface area contributed by atoms with Crippen LogP contribution in [0.25, 0.3) is 20.3 Å². The lowest BCUT2D eigenvalue weighted by molar-refractivity contribution is -0.192. The second kappa shape index (κ2) is 14.7. The van der Waals surface area contributed by atoms with Crippen LogP contribution in [-0.4, -0.2) is 76.5 Å². The first-order chi connectivity index (χ1) is 21.7. The maximum absolute atomic E-state index is 10.6. The topological polar surface area (TPSA) is 122 Å². The Morgan fingerprint density at radius 3 is 2.56 bits per heavy atom. The molecule has 0 saturated carbocycles. The van der Waals surface area contributed by atoms with E-state index in [-0.39, 0.29) is 0 Å². The minimum absolute atomic E-state index is 0.352. The molecule has 1 aliphatic rings. The van der Waals surface area contributed by atoms with Gasteiger partial charge in [-0.25, -0.2) is 14.8 Å². The van der Waals surface area contributed by atoms with Crippen LogP contribution in [0.1, 0.15) is 5.69 Å². The number of ether oxygens (including phenoxy) is 2. The van der Waals surface area contributed by atoms with Crippen molar-refractivity contribution in [2.45, 2.75) is 12.8 Å². The van der Waals surface area contributed by atoms with Crippen LogP contribution >= 0.6 is 22.9 Å². The maximum atomic E-state index is 10.6. The van der Waals surface area contributed by atoms with Crippen LogP contribution in [0.4, 0.5) is 30.4 Å². The number of thiophene rings is 1. The molecule has 1 aliphatic heterocycles.